The summed E-state index contributed by atoms with van der Waals surface area (Å²) in [6, 6.07) is 8.82. The van der Waals surface area contributed by atoms with Crippen molar-refractivity contribution >= 4 is 59.3 Å². The largest absolute Gasteiger partial charge is 0.465 e. The first-order chi connectivity index (χ1) is 26.8. The van der Waals surface area contributed by atoms with Crippen molar-refractivity contribution in [3.63, 3.8) is 0 Å². The molecule has 0 fully saturated rings. The van der Waals surface area contributed by atoms with E-state index in [0.29, 0.717) is 35.4 Å². The van der Waals surface area contributed by atoms with E-state index in [9.17, 15) is 48.5 Å². The summed E-state index contributed by atoms with van der Waals surface area (Å²) < 4.78 is 108. The number of benzene rings is 2. The van der Waals surface area contributed by atoms with Gasteiger partial charge in [0.2, 0.25) is 11.6 Å². The number of allylic oxidation sites excluding steroid dienone is 8. The van der Waals surface area contributed by atoms with Gasteiger partial charge < -0.3 is 15.0 Å². The zero-order valence-electron chi connectivity index (χ0n) is 33.4. The quantitative estimate of drug-likeness (QED) is 0.0899. The Kier molecular flexibility index (Phi) is 12.3. The van der Waals surface area contributed by atoms with E-state index in [1.165, 1.54) is 24.3 Å². The summed E-state index contributed by atoms with van der Waals surface area (Å²) in [5, 5.41) is 2.51. The summed E-state index contributed by atoms with van der Waals surface area (Å²) >= 11 is 0. The molecule has 1 amide bonds. The van der Waals surface area contributed by atoms with Gasteiger partial charge in [-0.05, 0) is 101 Å². The third kappa shape index (κ3) is 8.63. The standard InChI is InChI=1S/C40H49N3O12S3/c1-8-42-32-15-13-28(57(49,50)51)22-30(32)38(4,5)34(42)17-11-26-21-27(25-40(24-26,37(45)55-10-3)36(44)41-19-20-56(46,47)48)12-18-35-39(6,7)31-23-29(58(52,53)54)14-16-33(31)43(35)9-2/h11-18,21-23H,8-10,19-20,24-25H2,1-7H3,(H3-,41,44,46,47,48,49,50,51,52,53,54)/p+1. The molecule has 2 heterocycles. The fraction of sp³-hybridized carbons (Fsp3) is 0.425. The lowest BCUT2D eigenvalue weighted by molar-refractivity contribution is -0.433. The Morgan fingerprint density at radius 1 is 0.845 bits per heavy atom. The number of anilines is 1. The second-order valence-electron chi connectivity index (χ2n) is 15.5. The third-order valence-corrected chi connectivity index (χ3v) is 13.4. The molecule has 0 bridgehead atoms. The molecule has 18 heteroatoms. The number of carbonyl (C=O) groups is 2. The van der Waals surface area contributed by atoms with Crippen molar-refractivity contribution in [1.82, 2.24) is 5.32 Å². The van der Waals surface area contributed by atoms with Crippen LogP contribution >= 0.6 is 0 Å². The van der Waals surface area contributed by atoms with Gasteiger partial charge in [0.15, 0.2) is 11.1 Å². The van der Waals surface area contributed by atoms with Crippen molar-refractivity contribution in [3.8, 4) is 0 Å². The maximum atomic E-state index is 14.1. The van der Waals surface area contributed by atoms with Crippen molar-refractivity contribution in [3.05, 3.63) is 94.7 Å². The number of likely N-dealkylation sites (N-methyl/N-ethyl adjacent to an activating group) is 1. The van der Waals surface area contributed by atoms with Crippen LogP contribution in [0, 0.1) is 5.41 Å². The van der Waals surface area contributed by atoms with Gasteiger partial charge in [-0.2, -0.15) is 29.8 Å². The van der Waals surface area contributed by atoms with Crippen LogP contribution in [-0.4, -0.2) is 93.1 Å². The van der Waals surface area contributed by atoms with E-state index >= 15 is 0 Å². The van der Waals surface area contributed by atoms with Gasteiger partial charge in [-0.1, -0.05) is 32.1 Å². The number of rotatable bonds is 13. The maximum absolute atomic E-state index is 14.1. The predicted octanol–water partition coefficient (Wildman–Crippen LogP) is 5.03. The van der Waals surface area contributed by atoms with E-state index < -0.39 is 70.8 Å². The first-order valence-corrected chi connectivity index (χ1v) is 23.2. The summed E-state index contributed by atoms with van der Waals surface area (Å²) in [5.41, 5.74) is 2.03. The van der Waals surface area contributed by atoms with Crippen molar-refractivity contribution in [2.24, 2.45) is 5.41 Å². The molecule has 0 radical (unpaired) electrons. The van der Waals surface area contributed by atoms with Crippen molar-refractivity contribution in [1.29, 1.82) is 0 Å². The summed E-state index contributed by atoms with van der Waals surface area (Å²) in [7, 11) is -13.4. The van der Waals surface area contributed by atoms with Gasteiger partial charge in [0, 0.05) is 47.6 Å². The Labute approximate surface area is 340 Å². The van der Waals surface area contributed by atoms with Crippen LogP contribution < -0.4 is 10.2 Å². The number of hydrogen-bond acceptors (Lipinski definition) is 10. The topological polar surface area (TPSA) is 225 Å². The van der Waals surface area contributed by atoms with E-state index in [0.717, 1.165) is 22.8 Å². The molecule has 2 aliphatic heterocycles. The SMILES string of the molecule is CCOC(=O)C1(C(=O)NCCS(=O)(=O)O)CC(/C=C/C2=[N+](CC)c3ccc(S(=O)(=O)O)cc3C2(C)C)=CC(=C/C=C2/N(CC)c3ccc(S(=O)(=O)O)cc3C2(C)C)/C1. The molecule has 3 aliphatic rings. The number of fused-ring (bicyclic) bond motifs is 2. The van der Waals surface area contributed by atoms with Gasteiger partial charge in [-0.3, -0.25) is 23.2 Å². The molecule has 4 N–H and O–H groups in total. The summed E-state index contributed by atoms with van der Waals surface area (Å²) in [6.07, 6.45) is 8.73. The number of ether oxygens (including phenoxy) is 1. The molecule has 1 aliphatic carbocycles. The minimum atomic E-state index is -4.48. The second kappa shape index (κ2) is 16.0. The first kappa shape index (κ1) is 44.6. The lowest BCUT2D eigenvalue weighted by Crippen LogP contribution is -2.49. The summed E-state index contributed by atoms with van der Waals surface area (Å²) in [4.78, 5) is 29.6. The molecule has 1 atom stereocenters. The predicted molar refractivity (Wildman–Crippen MR) is 218 cm³/mol. The highest BCUT2D eigenvalue weighted by molar-refractivity contribution is 7.86. The van der Waals surface area contributed by atoms with E-state index in [1.54, 1.807) is 31.2 Å². The van der Waals surface area contributed by atoms with Gasteiger partial charge in [0.25, 0.3) is 30.4 Å². The van der Waals surface area contributed by atoms with Gasteiger partial charge in [-0.25, -0.2) is 0 Å². The molecule has 314 valence electrons. The Hall–Kier alpha value is -4.46. The zero-order chi connectivity index (χ0) is 43.2. The molecule has 58 heavy (non-hydrogen) atoms. The van der Waals surface area contributed by atoms with Crippen LogP contribution in [0.4, 0.5) is 11.4 Å². The minimum Gasteiger partial charge on any atom is -0.465 e. The van der Waals surface area contributed by atoms with E-state index in [1.807, 2.05) is 69.2 Å². The zero-order valence-corrected chi connectivity index (χ0v) is 35.9. The van der Waals surface area contributed by atoms with Crippen LogP contribution in [0.3, 0.4) is 0 Å². The average Bonchev–Trinajstić information content (AvgIpc) is 3.48. The molecular weight excluding hydrogens is 811 g/mol. The molecule has 2 aromatic rings. The van der Waals surface area contributed by atoms with Gasteiger partial charge in [0.05, 0.1) is 27.6 Å². The average molecular weight is 861 g/mol. The van der Waals surface area contributed by atoms with Crippen molar-refractivity contribution < 1.29 is 57.8 Å². The van der Waals surface area contributed by atoms with Crippen LogP contribution in [0.5, 0.6) is 0 Å². The Morgan fingerprint density at radius 3 is 2.03 bits per heavy atom. The Balaban J connectivity index is 1.66. The molecule has 1 unspecified atom stereocenters. The number of nitrogens with one attached hydrogen (secondary N) is 1. The van der Waals surface area contributed by atoms with Crippen LogP contribution in [0.1, 0.15) is 72.4 Å². The lowest BCUT2D eigenvalue weighted by atomic mass is 9.70. The van der Waals surface area contributed by atoms with Crippen molar-refractivity contribution in [2.45, 2.75) is 81.9 Å². The van der Waals surface area contributed by atoms with E-state index in [4.69, 9.17) is 4.74 Å². The minimum absolute atomic E-state index is 0.0539. The highest BCUT2D eigenvalue weighted by atomic mass is 32.2. The molecule has 0 aromatic heterocycles. The fourth-order valence-electron chi connectivity index (χ4n) is 8.13. The fourth-order valence-corrected chi connectivity index (χ4v) is 9.50. The van der Waals surface area contributed by atoms with E-state index in [2.05, 4.69) is 5.32 Å². The molecular formula is C40H50N3O12S3+. The first-order valence-electron chi connectivity index (χ1n) is 18.7. The number of carbonyl (C=O) groups excluding carboxylic acids is 2. The second-order valence-corrected chi connectivity index (χ2v) is 19.9. The number of esters is 1. The Bertz CT molecular complexity index is 2550. The van der Waals surface area contributed by atoms with E-state index in [-0.39, 0.29) is 29.2 Å². The molecule has 5 rings (SSSR count). The Morgan fingerprint density at radius 2 is 1.47 bits per heavy atom. The van der Waals surface area contributed by atoms with Gasteiger partial charge >= 0.3 is 5.97 Å². The molecule has 2 aromatic carbocycles. The van der Waals surface area contributed by atoms with Crippen LogP contribution in [0.15, 0.2) is 93.4 Å². The molecule has 15 nitrogen and oxygen atoms in total. The van der Waals surface area contributed by atoms with Crippen LogP contribution in [0.2, 0.25) is 0 Å². The summed E-state index contributed by atoms with van der Waals surface area (Å²) in [5.74, 6) is -2.42. The van der Waals surface area contributed by atoms with Gasteiger partial charge in [-0.15, -0.1) is 0 Å². The number of hydrogen-bond donors (Lipinski definition) is 4. The summed E-state index contributed by atoms with van der Waals surface area (Å²) in [6.45, 7) is 13.6. The van der Waals surface area contributed by atoms with Crippen LogP contribution in [-0.2, 0) is 55.5 Å². The smallest absolute Gasteiger partial charge is 0.322 e. The lowest BCUT2D eigenvalue weighted by Gasteiger charge is -2.34. The van der Waals surface area contributed by atoms with Crippen molar-refractivity contribution in [2.75, 3.05) is 36.9 Å². The number of amides is 1. The monoisotopic (exact) mass is 860 g/mol. The molecule has 0 saturated heterocycles. The molecule has 0 spiro atoms. The molecule has 0 saturated carbocycles. The van der Waals surface area contributed by atoms with Crippen LogP contribution in [0.25, 0.3) is 0 Å². The highest BCUT2D eigenvalue weighted by Gasteiger charge is 2.50. The number of nitrogens with zero attached hydrogens (tertiary/aromatic N) is 2. The maximum Gasteiger partial charge on any atom is 0.322 e. The highest BCUT2D eigenvalue weighted by Crippen LogP contribution is 2.49. The third-order valence-electron chi connectivity index (χ3n) is 11.0. The van der Waals surface area contributed by atoms with Gasteiger partial charge in [0.1, 0.15) is 6.54 Å². The normalized spacial score (nSPS) is 21.7.